The minimum absolute atomic E-state index is 0.0375. The lowest BCUT2D eigenvalue weighted by molar-refractivity contribution is -0.385. The Morgan fingerprint density at radius 3 is 2.89 bits per heavy atom. The van der Waals surface area contributed by atoms with E-state index in [4.69, 9.17) is 4.74 Å². The van der Waals surface area contributed by atoms with Crippen LogP contribution in [0.15, 0.2) is 24.5 Å². The average Bonchev–Trinajstić information content (AvgIpc) is 3.17. The molecule has 0 bridgehead atoms. The third-order valence-electron chi connectivity index (χ3n) is 4.58. The maximum atomic E-state index is 12.6. The number of methoxy groups -OCH3 is 1. The molecular weight excluding hydrogens is 362 g/mol. The van der Waals surface area contributed by atoms with Crippen LogP contribution < -0.4 is 9.47 Å². The fraction of sp³-hybridized carbons (Fsp3) is 0.471. The zero-order valence-corrected chi connectivity index (χ0v) is 14.7. The normalized spacial score (nSPS) is 17.9. The van der Waals surface area contributed by atoms with Crippen molar-refractivity contribution in [2.45, 2.75) is 31.9 Å². The summed E-state index contributed by atoms with van der Waals surface area (Å²) in [5.74, 6) is 0.800. The molecule has 10 heteroatoms. The molecule has 1 unspecified atom stereocenters. The maximum absolute atomic E-state index is 12.6. The van der Waals surface area contributed by atoms with Gasteiger partial charge in [0.15, 0.2) is 11.5 Å². The Morgan fingerprint density at radius 1 is 1.44 bits per heavy atom. The number of hydrogen-bond acceptors (Lipinski definition) is 6. The number of aromatic nitrogens is 2. The highest BCUT2D eigenvalue weighted by atomic mass is 19.3. The molecular formula is C17H20F2N4O4. The van der Waals surface area contributed by atoms with Gasteiger partial charge in [-0.15, -0.1) is 0 Å². The van der Waals surface area contributed by atoms with Crippen molar-refractivity contribution in [1.29, 1.82) is 0 Å². The van der Waals surface area contributed by atoms with Crippen molar-refractivity contribution in [2.75, 3.05) is 20.2 Å². The zero-order valence-electron chi connectivity index (χ0n) is 14.7. The number of nitrogens with zero attached hydrogens (tertiary/aromatic N) is 3. The summed E-state index contributed by atoms with van der Waals surface area (Å²) in [6.07, 6.45) is 5.39. The van der Waals surface area contributed by atoms with Gasteiger partial charge in [0.1, 0.15) is 5.82 Å². The van der Waals surface area contributed by atoms with Crippen LogP contribution in [0.4, 0.5) is 14.5 Å². The predicted octanol–water partition coefficient (Wildman–Crippen LogP) is 3.31. The van der Waals surface area contributed by atoms with Crippen molar-refractivity contribution in [1.82, 2.24) is 14.9 Å². The average molecular weight is 382 g/mol. The summed E-state index contributed by atoms with van der Waals surface area (Å²) in [6, 6.07) is 2.39. The van der Waals surface area contributed by atoms with Crippen molar-refractivity contribution >= 4 is 5.69 Å². The molecule has 1 aromatic heterocycles. The van der Waals surface area contributed by atoms with E-state index in [9.17, 15) is 18.9 Å². The molecule has 1 saturated heterocycles. The third-order valence-corrected chi connectivity index (χ3v) is 4.58. The lowest BCUT2D eigenvalue weighted by Crippen LogP contribution is -2.34. The summed E-state index contributed by atoms with van der Waals surface area (Å²) in [6.45, 7) is -1.31. The van der Waals surface area contributed by atoms with E-state index in [1.54, 1.807) is 12.4 Å². The molecule has 0 spiro atoms. The smallest absolute Gasteiger partial charge is 0.387 e. The number of benzene rings is 1. The number of alkyl halides is 2. The van der Waals surface area contributed by atoms with E-state index in [1.807, 2.05) is 0 Å². The molecule has 0 aliphatic carbocycles. The molecule has 3 rings (SSSR count). The number of aromatic amines is 1. The number of piperidine rings is 1. The Bertz CT molecular complexity index is 785. The van der Waals surface area contributed by atoms with Crippen LogP contribution in [0, 0.1) is 10.1 Å². The molecule has 0 radical (unpaired) electrons. The van der Waals surface area contributed by atoms with Crippen LogP contribution >= 0.6 is 0 Å². The fourth-order valence-electron chi connectivity index (χ4n) is 3.40. The third kappa shape index (κ3) is 4.51. The van der Waals surface area contributed by atoms with Crippen molar-refractivity contribution in [2.24, 2.45) is 0 Å². The van der Waals surface area contributed by atoms with E-state index in [-0.39, 0.29) is 23.1 Å². The van der Waals surface area contributed by atoms with Gasteiger partial charge in [-0.3, -0.25) is 15.0 Å². The Hall–Kier alpha value is -2.75. The molecule has 0 saturated carbocycles. The van der Waals surface area contributed by atoms with Gasteiger partial charge in [0, 0.05) is 37.0 Å². The number of nitro groups is 1. The van der Waals surface area contributed by atoms with Crippen molar-refractivity contribution in [3.05, 3.63) is 46.0 Å². The number of nitro benzene ring substituents is 1. The van der Waals surface area contributed by atoms with Crippen LogP contribution in [0.1, 0.15) is 30.1 Å². The molecule has 1 N–H and O–H groups in total. The highest BCUT2D eigenvalue weighted by Gasteiger charge is 2.27. The SMILES string of the molecule is COc1cc(CN2CCCC(c3ncc[nH]3)C2)c([N+](=O)[O-])cc1OC(F)F. The van der Waals surface area contributed by atoms with Crippen LogP contribution in [-0.4, -0.2) is 46.6 Å². The van der Waals surface area contributed by atoms with E-state index in [2.05, 4.69) is 19.6 Å². The number of rotatable bonds is 7. The quantitative estimate of drug-likeness (QED) is 0.583. The van der Waals surface area contributed by atoms with Gasteiger partial charge in [0.25, 0.3) is 5.69 Å². The Balaban J connectivity index is 1.83. The van der Waals surface area contributed by atoms with Crippen molar-refractivity contribution in [3.8, 4) is 11.5 Å². The number of hydrogen-bond donors (Lipinski definition) is 1. The molecule has 27 heavy (non-hydrogen) atoms. The minimum Gasteiger partial charge on any atom is -0.493 e. The molecule has 1 aromatic carbocycles. The molecule has 146 valence electrons. The first-order valence-corrected chi connectivity index (χ1v) is 8.49. The van der Waals surface area contributed by atoms with E-state index in [0.717, 1.165) is 31.3 Å². The Morgan fingerprint density at radius 2 is 2.26 bits per heavy atom. The molecule has 1 aliphatic heterocycles. The number of imidazole rings is 1. The second-order valence-electron chi connectivity index (χ2n) is 6.32. The lowest BCUT2D eigenvalue weighted by atomic mass is 9.96. The molecule has 1 fully saturated rings. The number of likely N-dealkylation sites (tertiary alicyclic amines) is 1. The van der Waals surface area contributed by atoms with Crippen LogP contribution in [-0.2, 0) is 6.54 Å². The Kier molecular flexibility index (Phi) is 5.84. The summed E-state index contributed by atoms with van der Waals surface area (Å²) in [5, 5.41) is 11.4. The number of halogens is 2. The standard InChI is InChI=1S/C17H20F2N4O4/c1-26-14-7-12(13(23(24)25)8-15(14)27-17(18)19)10-22-6-2-3-11(9-22)16-20-4-5-21-16/h4-5,7-8,11,17H,2-3,6,9-10H2,1H3,(H,20,21). The maximum Gasteiger partial charge on any atom is 0.387 e. The van der Waals surface area contributed by atoms with Gasteiger partial charge in [0.05, 0.1) is 18.1 Å². The van der Waals surface area contributed by atoms with Gasteiger partial charge in [-0.25, -0.2) is 4.98 Å². The van der Waals surface area contributed by atoms with Crippen LogP contribution in [0.3, 0.4) is 0 Å². The minimum atomic E-state index is -3.10. The highest BCUT2D eigenvalue weighted by Crippen LogP contribution is 2.37. The largest absolute Gasteiger partial charge is 0.493 e. The lowest BCUT2D eigenvalue weighted by Gasteiger charge is -2.31. The van der Waals surface area contributed by atoms with Crippen molar-refractivity contribution in [3.63, 3.8) is 0 Å². The van der Waals surface area contributed by atoms with Gasteiger partial charge in [-0.05, 0) is 25.5 Å². The fourth-order valence-corrected chi connectivity index (χ4v) is 3.40. The number of nitrogens with one attached hydrogen (secondary N) is 1. The second-order valence-corrected chi connectivity index (χ2v) is 6.32. The predicted molar refractivity (Wildman–Crippen MR) is 92.1 cm³/mol. The van der Waals surface area contributed by atoms with Gasteiger partial charge < -0.3 is 14.5 Å². The van der Waals surface area contributed by atoms with Gasteiger partial charge in [-0.2, -0.15) is 8.78 Å². The highest BCUT2D eigenvalue weighted by molar-refractivity contribution is 5.54. The Labute approximate surface area is 154 Å². The first-order chi connectivity index (χ1) is 13.0. The summed E-state index contributed by atoms with van der Waals surface area (Å²) in [7, 11) is 1.30. The molecule has 0 amide bonds. The van der Waals surface area contributed by atoms with Gasteiger partial charge in [-0.1, -0.05) is 0 Å². The summed E-state index contributed by atoms with van der Waals surface area (Å²) in [4.78, 5) is 20.3. The summed E-state index contributed by atoms with van der Waals surface area (Å²) >= 11 is 0. The van der Waals surface area contributed by atoms with Crippen molar-refractivity contribution < 1.29 is 23.2 Å². The number of ether oxygens (including phenoxy) is 2. The van der Waals surface area contributed by atoms with Gasteiger partial charge >= 0.3 is 6.61 Å². The van der Waals surface area contributed by atoms with E-state index >= 15 is 0 Å². The van der Waals surface area contributed by atoms with E-state index < -0.39 is 11.5 Å². The first-order valence-electron chi connectivity index (χ1n) is 8.49. The zero-order chi connectivity index (χ0) is 19.4. The van der Waals surface area contributed by atoms with E-state index in [1.165, 1.54) is 13.2 Å². The second kappa shape index (κ2) is 8.30. The van der Waals surface area contributed by atoms with Crippen LogP contribution in [0.25, 0.3) is 0 Å². The molecule has 8 nitrogen and oxygen atoms in total. The topological polar surface area (TPSA) is 93.5 Å². The molecule has 2 aromatic rings. The van der Waals surface area contributed by atoms with E-state index in [0.29, 0.717) is 18.7 Å². The summed E-state index contributed by atoms with van der Waals surface area (Å²) < 4.78 is 34.5. The molecule has 1 aliphatic rings. The molecule has 1 atom stereocenters. The summed E-state index contributed by atoms with van der Waals surface area (Å²) in [5.41, 5.74) is 0.116. The van der Waals surface area contributed by atoms with Gasteiger partial charge in [0.2, 0.25) is 0 Å². The van der Waals surface area contributed by atoms with Crippen LogP contribution in [0.2, 0.25) is 0 Å². The molecule has 2 heterocycles. The first kappa shape index (κ1) is 19.0. The number of H-pyrrole nitrogens is 1. The monoisotopic (exact) mass is 382 g/mol. The van der Waals surface area contributed by atoms with Crippen LogP contribution in [0.5, 0.6) is 11.5 Å².